The fourth-order valence-electron chi connectivity index (χ4n) is 3.64. The Morgan fingerprint density at radius 1 is 1.24 bits per heavy atom. The van der Waals surface area contributed by atoms with Gasteiger partial charge in [0.15, 0.2) is 0 Å². The van der Waals surface area contributed by atoms with Crippen LogP contribution in [-0.2, 0) is 6.54 Å². The molecule has 1 aliphatic heterocycles. The smallest absolute Gasteiger partial charge is 0.0606 e. The van der Waals surface area contributed by atoms with E-state index in [4.69, 9.17) is 11.6 Å². The number of thiophene rings is 1. The third-order valence-electron chi connectivity index (χ3n) is 5.16. The standard InChI is InChI=1S/C24H24ClN3S/c1-15-13-22-24(29-15)23(16(2)17(3)27-21-9-11-26-12-10-21)18(4)28(22)14-19-5-7-20(25)8-6-19/h5-11,13,26-27H,2-3,12,14H2,1,4H3. The van der Waals surface area contributed by atoms with E-state index in [-0.39, 0.29) is 0 Å². The van der Waals surface area contributed by atoms with Crippen molar-refractivity contribution in [1.29, 1.82) is 0 Å². The monoisotopic (exact) mass is 421 g/mol. The summed E-state index contributed by atoms with van der Waals surface area (Å²) in [6.45, 7) is 14.6. The summed E-state index contributed by atoms with van der Waals surface area (Å²) >= 11 is 7.87. The molecule has 2 N–H and O–H groups in total. The lowest BCUT2D eigenvalue weighted by atomic mass is 10.1. The minimum atomic E-state index is 0.757. The molecular weight excluding hydrogens is 398 g/mol. The third-order valence-corrected chi connectivity index (χ3v) is 6.47. The average molecular weight is 422 g/mol. The Kier molecular flexibility index (Phi) is 5.39. The number of hydrogen-bond acceptors (Lipinski definition) is 3. The average Bonchev–Trinajstić information content (AvgIpc) is 3.19. The molecular formula is C24H24ClN3S. The van der Waals surface area contributed by atoms with Crippen molar-refractivity contribution >= 4 is 38.7 Å². The summed E-state index contributed by atoms with van der Waals surface area (Å²) in [5.41, 5.74) is 7.61. The molecule has 0 saturated carbocycles. The van der Waals surface area contributed by atoms with E-state index in [0.717, 1.165) is 35.1 Å². The zero-order chi connectivity index (χ0) is 20.5. The van der Waals surface area contributed by atoms with Crippen LogP contribution in [-0.4, -0.2) is 11.1 Å². The zero-order valence-electron chi connectivity index (χ0n) is 16.7. The van der Waals surface area contributed by atoms with E-state index in [1.54, 1.807) is 0 Å². The molecule has 1 aromatic carbocycles. The van der Waals surface area contributed by atoms with E-state index in [2.05, 4.69) is 66.5 Å². The van der Waals surface area contributed by atoms with Crippen LogP contribution in [0, 0.1) is 13.8 Å². The predicted molar refractivity (Wildman–Crippen MR) is 126 cm³/mol. The van der Waals surface area contributed by atoms with Gasteiger partial charge in [-0.1, -0.05) is 36.9 Å². The van der Waals surface area contributed by atoms with Gasteiger partial charge in [-0.25, -0.2) is 0 Å². The van der Waals surface area contributed by atoms with Crippen LogP contribution in [0.1, 0.15) is 21.7 Å². The molecule has 148 valence electrons. The van der Waals surface area contributed by atoms with Crippen molar-refractivity contribution in [3.05, 3.63) is 100.0 Å². The van der Waals surface area contributed by atoms with E-state index in [9.17, 15) is 0 Å². The van der Waals surface area contributed by atoms with Gasteiger partial charge in [-0.3, -0.25) is 0 Å². The summed E-state index contributed by atoms with van der Waals surface area (Å²) < 4.78 is 3.62. The number of nitrogens with zero attached hydrogens (tertiary/aromatic N) is 1. The van der Waals surface area contributed by atoms with Gasteiger partial charge in [0.05, 0.1) is 10.2 Å². The second kappa shape index (κ2) is 7.97. The maximum absolute atomic E-state index is 6.06. The molecule has 29 heavy (non-hydrogen) atoms. The zero-order valence-corrected chi connectivity index (χ0v) is 18.3. The Morgan fingerprint density at radius 2 is 2.00 bits per heavy atom. The number of benzene rings is 1. The van der Waals surface area contributed by atoms with Crippen molar-refractivity contribution in [1.82, 2.24) is 15.2 Å². The molecule has 0 fully saturated rings. The first-order valence-corrected chi connectivity index (χ1v) is 10.7. The van der Waals surface area contributed by atoms with Crippen molar-refractivity contribution < 1.29 is 0 Å². The van der Waals surface area contributed by atoms with Gasteiger partial charge in [-0.15, -0.1) is 11.3 Å². The highest BCUT2D eigenvalue weighted by Crippen LogP contribution is 2.38. The van der Waals surface area contributed by atoms with Gasteiger partial charge in [0, 0.05) is 51.2 Å². The largest absolute Gasteiger partial charge is 0.387 e. The van der Waals surface area contributed by atoms with Crippen molar-refractivity contribution in [2.75, 3.05) is 6.54 Å². The van der Waals surface area contributed by atoms with E-state index < -0.39 is 0 Å². The van der Waals surface area contributed by atoms with Crippen LogP contribution in [0.5, 0.6) is 0 Å². The maximum Gasteiger partial charge on any atom is 0.0606 e. The maximum atomic E-state index is 6.06. The van der Waals surface area contributed by atoms with Crippen molar-refractivity contribution in [3.8, 4) is 0 Å². The molecule has 5 heteroatoms. The molecule has 4 rings (SSSR count). The topological polar surface area (TPSA) is 29.0 Å². The molecule has 0 radical (unpaired) electrons. The first-order chi connectivity index (χ1) is 13.9. The summed E-state index contributed by atoms with van der Waals surface area (Å²) in [5, 5.41) is 7.31. The van der Waals surface area contributed by atoms with E-state index in [1.165, 1.54) is 31.9 Å². The Labute approximate surface area is 180 Å². The quantitative estimate of drug-likeness (QED) is 0.468. The third kappa shape index (κ3) is 3.91. The number of allylic oxidation sites excluding steroid dienone is 2. The number of dihydropyridines is 1. The highest BCUT2D eigenvalue weighted by atomic mass is 35.5. The Balaban J connectivity index is 1.70. The van der Waals surface area contributed by atoms with Crippen LogP contribution >= 0.6 is 22.9 Å². The molecule has 0 atom stereocenters. The molecule has 0 amide bonds. The predicted octanol–water partition coefficient (Wildman–Crippen LogP) is 6.14. The number of halogens is 1. The summed E-state index contributed by atoms with van der Waals surface area (Å²) in [4.78, 5) is 1.29. The molecule has 3 aromatic rings. The highest BCUT2D eigenvalue weighted by molar-refractivity contribution is 7.19. The summed E-state index contributed by atoms with van der Waals surface area (Å²) in [5.74, 6) is 0. The van der Waals surface area contributed by atoms with Gasteiger partial charge in [0.2, 0.25) is 0 Å². The van der Waals surface area contributed by atoms with Gasteiger partial charge in [0.1, 0.15) is 0 Å². The van der Waals surface area contributed by atoms with Gasteiger partial charge < -0.3 is 15.2 Å². The lowest BCUT2D eigenvalue weighted by Crippen LogP contribution is -2.18. The number of aryl methyl sites for hydroxylation is 1. The summed E-state index contributed by atoms with van der Waals surface area (Å²) in [6.07, 6.45) is 6.04. The molecule has 2 aromatic heterocycles. The molecule has 0 bridgehead atoms. The first kappa shape index (κ1) is 19.6. The van der Waals surface area contributed by atoms with Crippen LogP contribution in [0.3, 0.4) is 0 Å². The first-order valence-electron chi connectivity index (χ1n) is 9.53. The van der Waals surface area contributed by atoms with Gasteiger partial charge >= 0.3 is 0 Å². The second-order valence-corrected chi connectivity index (χ2v) is 8.92. The molecule has 0 aliphatic carbocycles. The molecule has 3 heterocycles. The number of hydrogen-bond donors (Lipinski definition) is 2. The van der Waals surface area contributed by atoms with Crippen LogP contribution in [0.2, 0.25) is 5.02 Å². The van der Waals surface area contributed by atoms with Gasteiger partial charge in [0.25, 0.3) is 0 Å². The molecule has 0 saturated heterocycles. The lowest BCUT2D eigenvalue weighted by Gasteiger charge is -2.16. The molecule has 0 spiro atoms. The van der Waals surface area contributed by atoms with Crippen LogP contribution in [0.4, 0.5) is 0 Å². The SMILES string of the molecule is C=C(NC1=CCNC=C1)C(=C)c1c(C)n(Cc2ccc(Cl)cc2)c2cc(C)sc12. The molecule has 1 aliphatic rings. The van der Waals surface area contributed by atoms with Gasteiger partial charge in [-0.05, 0) is 56.0 Å². The Hall–Kier alpha value is -2.69. The molecule has 0 unspecified atom stereocenters. The Bertz CT molecular complexity index is 1160. The fourth-order valence-corrected chi connectivity index (χ4v) is 4.90. The summed E-state index contributed by atoms with van der Waals surface area (Å²) in [6, 6.07) is 10.3. The summed E-state index contributed by atoms with van der Waals surface area (Å²) in [7, 11) is 0. The van der Waals surface area contributed by atoms with E-state index in [1.807, 2.05) is 35.7 Å². The molecule has 3 nitrogen and oxygen atoms in total. The Morgan fingerprint density at radius 3 is 2.69 bits per heavy atom. The number of aromatic nitrogens is 1. The number of fused-ring (bicyclic) bond motifs is 1. The van der Waals surface area contributed by atoms with Crippen molar-refractivity contribution in [2.24, 2.45) is 0 Å². The second-order valence-electron chi connectivity index (χ2n) is 7.23. The van der Waals surface area contributed by atoms with Crippen molar-refractivity contribution in [3.63, 3.8) is 0 Å². The highest BCUT2D eigenvalue weighted by Gasteiger charge is 2.20. The lowest BCUT2D eigenvalue weighted by molar-refractivity contribution is 0.803. The van der Waals surface area contributed by atoms with E-state index >= 15 is 0 Å². The van der Waals surface area contributed by atoms with E-state index in [0.29, 0.717) is 0 Å². The minimum Gasteiger partial charge on any atom is -0.387 e. The van der Waals surface area contributed by atoms with Crippen molar-refractivity contribution in [2.45, 2.75) is 20.4 Å². The van der Waals surface area contributed by atoms with Crippen LogP contribution in [0.25, 0.3) is 15.8 Å². The minimum absolute atomic E-state index is 0.757. The van der Waals surface area contributed by atoms with Gasteiger partial charge in [-0.2, -0.15) is 0 Å². The normalized spacial score (nSPS) is 13.3. The van der Waals surface area contributed by atoms with Crippen LogP contribution < -0.4 is 10.6 Å². The fraction of sp³-hybridized carbons (Fsp3) is 0.167. The number of nitrogens with one attached hydrogen (secondary N) is 2. The van der Waals surface area contributed by atoms with Crippen LogP contribution in [0.15, 0.2) is 73.2 Å². The number of rotatable bonds is 6.